The van der Waals surface area contributed by atoms with Gasteiger partial charge in [-0.1, -0.05) is 18.1 Å². The van der Waals surface area contributed by atoms with Crippen molar-refractivity contribution in [3.05, 3.63) is 58.4 Å². The fraction of sp³-hybridized carbons (Fsp3) is 0.536. The van der Waals surface area contributed by atoms with Crippen LogP contribution in [0.4, 0.5) is 0 Å². The molecule has 3 aliphatic heterocycles. The second kappa shape index (κ2) is 9.26. The van der Waals surface area contributed by atoms with Gasteiger partial charge in [0, 0.05) is 30.8 Å². The Morgan fingerprint density at radius 2 is 1.94 bits per heavy atom. The third-order valence-corrected chi connectivity index (χ3v) is 8.51. The second-order valence-corrected chi connectivity index (χ2v) is 10.5. The normalized spacial score (nSPS) is 28.0. The number of carbonyl (C=O) groups excluding carboxylic acids is 1. The molecule has 0 saturated carbocycles. The molecule has 4 heterocycles. The number of fused-ring (bicyclic) bond motifs is 6. The zero-order chi connectivity index (χ0) is 23.9. The van der Waals surface area contributed by atoms with Crippen LogP contribution in [-0.4, -0.2) is 64.3 Å². The molecule has 35 heavy (non-hydrogen) atoms. The van der Waals surface area contributed by atoms with Crippen LogP contribution in [-0.2, 0) is 11.3 Å². The van der Waals surface area contributed by atoms with Crippen LogP contribution in [0.15, 0.2) is 52.8 Å². The minimum Gasteiger partial charge on any atom is -0.497 e. The monoisotopic (exact) mass is 474 g/mol. The van der Waals surface area contributed by atoms with Gasteiger partial charge in [-0.2, -0.15) is 5.10 Å². The molecule has 7 heteroatoms. The standard InChI is InChI=1S/C28H34N4O3/c1-35-23-9-7-19(8-10-23)24-11-12-26(33)32(29-24)18-27(34)31-14-4-5-20-15-21-16-22(28(20)31)17-30-13-3-2-6-25(21)30/h7-12,15,21-22,25,28H,2-6,13-14,16-18H2,1H3/t21-,22+,25-,28-/m0/s1. The Morgan fingerprint density at radius 1 is 1.09 bits per heavy atom. The number of benzene rings is 1. The first-order valence-corrected chi connectivity index (χ1v) is 13.1. The van der Waals surface area contributed by atoms with E-state index < -0.39 is 0 Å². The van der Waals surface area contributed by atoms with Gasteiger partial charge < -0.3 is 9.64 Å². The summed E-state index contributed by atoms with van der Waals surface area (Å²) in [5, 5.41) is 4.55. The van der Waals surface area contributed by atoms with Gasteiger partial charge in [-0.15, -0.1) is 0 Å². The van der Waals surface area contributed by atoms with Gasteiger partial charge in [0.15, 0.2) is 0 Å². The number of aromatic nitrogens is 2. The predicted octanol–water partition coefficient (Wildman–Crippen LogP) is 3.34. The van der Waals surface area contributed by atoms with Crippen LogP contribution in [0.25, 0.3) is 11.3 Å². The number of nitrogens with zero attached hydrogens (tertiary/aromatic N) is 4. The molecule has 0 spiro atoms. The highest BCUT2D eigenvalue weighted by Crippen LogP contribution is 2.45. The molecule has 7 nitrogen and oxygen atoms in total. The number of hydrogen-bond donors (Lipinski definition) is 0. The molecule has 2 bridgehead atoms. The smallest absolute Gasteiger partial charge is 0.267 e. The third kappa shape index (κ3) is 4.20. The summed E-state index contributed by atoms with van der Waals surface area (Å²) in [5.74, 6) is 1.90. The van der Waals surface area contributed by atoms with Crippen LogP contribution in [0.2, 0.25) is 0 Å². The lowest BCUT2D eigenvalue weighted by Gasteiger charge is -2.54. The van der Waals surface area contributed by atoms with Gasteiger partial charge >= 0.3 is 0 Å². The molecule has 1 aliphatic carbocycles. The molecule has 3 saturated heterocycles. The lowest BCUT2D eigenvalue weighted by molar-refractivity contribution is -0.137. The van der Waals surface area contributed by atoms with E-state index in [2.05, 4.69) is 21.0 Å². The van der Waals surface area contributed by atoms with E-state index in [0.29, 0.717) is 23.6 Å². The van der Waals surface area contributed by atoms with E-state index in [4.69, 9.17) is 4.74 Å². The molecule has 0 radical (unpaired) electrons. The maximum atomic E-state index is 13.6. The summed E-state index contributed by atoms with van der Waals surface area (Å²) in [7, 11) is 1.63. The average Bonchev–Trinajstić information content (AvgIpc) is 2.89. The molecule has 3 fully saturated rings. The van der Waals surface area contributed by atoms with E-state index in [1.807, 2.05) is 24.3 Å². The Kier molecular flexibility index (Phi) is 5.96. The summed E-state index contributed by atoms with van der Waals surface area (Å²) in [6.45, 7) is 3.03. The van der Waals surface area contributed by atoms with E-state index in [9.17, 15) is 9.59 Å². The highest BCUT2D eigenvalue weighted by molar-refractivity contribution is 5.77. The topological polar surface area (TPSA) is 67.7 Å². The fourth-order valence-corrected chi connectivity index (χ4v) is 6.95. The van der Waals surface area contributed by atoms with Crippen LogP contribution in [0, 0.1) is 11.8 Å². The van der Waals surface area contributed by atoms with E-state index in [1.54, 1.807) is 13.2 Å². The molecule has 0 N–H and O–H groups in total. The molecule has 4 aliphatic rings. The van der Waals surface area contributed by atoms with Gasteiger partial charge in [0.2, 0.25) is 5.91 Å². The summed E-state index contributed by atoms with van der Waals surface area (Å²) in [6, 6.07) is 11.7. The third-order valence-electron chi connectivity index (χ3n) is 8.51. The number of carbonyl (C=O) groups is 1. The van der Waals surface area contributed by atoms with Crippen LogP contribution in [0.1, 0.15) is 38.5 Å². The predicted molar refractivity (Wildman–Crippen MR) is 134 cm³/mol. The molecule has 0 unspecified atom stereocenters. The van der Waals surface area contributed by atoms with Crippen LogP contribution >= 0.6 is 0 Å². The molecule has 184 valence electrons. The Bertz CT molecular complexity index is 1190. The number of ether oxygens (including phenoxy) is 1. The van der Waals surface area contributed by atoms with Crippen LogP contribution in [0.3, 0.4) is 0 Å². The first-order chi connectivity index (χ1) is 17.1. The van der Waals surface area contributed by atoms with Gasteiger partial charge in [-0.3, -0.25) is 14.5 Å². The van der Waals surface area contributed by atoms with Gasteiger partial charge in [-0.25, -0.2) is 4.68 Å². The molecule has 1 amide bonds. The van der Waals surface area contributed by atoms with Gasteiger partial charge in [-0.05, 0) is 80.8 Å². The summed E-state index contributed by atoms with van der Waals surface area (Å²) in [5.41, 5.74) is 2.76. The van der Waals surface area contributed by atoms with E-state index in [-0.39, 0.29) is 24.1 Å². The van der Waals surface area contributed by atoms with Crippen molar-refractivity contribution in [2.75, 3.05) is 26.7 Å². The van der Waals surface area contributed by atoms with E-state index in [1.165, 1.54) is 48.5 Å². The van der Waals surface area contributed by atoms with Gasteiger partial charge in [0.1, 0.15) is 12.3 Å². The van der Waals surface area contributed by atoms with E-state index >= 15 is 0 Å². The fourth-order valence-electron chi connectivity index (χ4n) is 6.95. The van der Waals surface area contributed by atoms with Crippen molar-refractivity contribution in [1.29, 1.82) is 0 Å². The molecular weight excluding hydrogens is 440 g/mol. The Balaban J connectivity index is 1.24. The van der Waals surface area contributed by atoms with Gasteiger partial charge in [0.25, 0.3) is 5.56 Å². The highest BCUT2D eigenvalue weighted by atomic mass is 16.5. The molecule has 4 atom stereocenters. The van der Waals surface area contributed by atoms with Gasteiger partial charge in [0.05, 0.1) is 18.8 Å². The number of likely N-dealkylation sites (tertiary alicyclic amines) is 1. The minimum atomic E-state index is -0.249. The van der Waals surface area contributed by atoms with Crippen molar-refractivity contribution < 1.29 is 9.53 Å². The maximum Gasteiger partial charge on any atom is 0.267 e. The SMILES string of the molecule is COc1ccc(-c2ccc(=O)n(CC(=O)N3CCCC4=C[C@H]5C[C@H](CN6CCCC[C@@H]56)[C@H]43)n2)cc1. The quantitative estimate of drug-likeness (QED) is 0.636. The molecule has 6 rings (SSSR count). The Labute approximate surface area is 206 Å². The molecule has 1 aromatic heterocycles. The average molecular weight is 475 g/mol. The lowest BCUT2D eigenvalue weighted by Crippen LogP contribution is -2.60. The minimum absolute atomic E-state index is 0.00120. The van der Waals surface area contributed by atoms with Crippen molar-refractivity contribution in [2.24, 2.45) is 11.8 Å². The van der Waals surface area contributed by atoms with E-state index in [0.717, 1.165) is 37.2 Å². The zero-order valence-electron chi connectivity index (χ0n) is 20.4. The number of methoxy groups -OCH3 is 1. The van der Waals surface area contributed by atoms with Crippen molar-refractivity contribution in [2.45, 2.75) is 57.2 Å². The molecule has 2 aromatic rings. The van der Waals surface area contributed by atoms with Crippen molar-refractivity contribution >= 4 is 5.91 Å². The van der Waals surface area contributed by atoms with Crippen LogP contribution in [0.5, 0.6) is 5.75 Å². The second-order valence-electron chi connectivity index (χ2n) is 10.5. The van der Waals surface area contributed by atoms with Crippen LogP contribution < -0.4 is 10.3 Å². The van der Waals surface area contributed by atoms with Crippen molar-refractivity contribution in [3.63, 3.8) is 0 Å². The van der Waals surface area contributed by atoms with Crippen molar-refractivity contribution in [1.82, 2.24) is 19.6 Å². The number of piperidine rings is 3. The first-order valence-electron chi connectivity index (χ1n) is 13.1. The molecule has 1 aromatic carbocycles. The number of rotatable bonds is 4. The largest absolute Gasteiger partial charge is 0.497 e. The summed E-state index contributed by atoms with van der Waals surface area (Å²) >= 11 is 0. The zero-order valence-corrected chi connectivity index (χ0v) is 20.4. The summed E-state index contributed by atoms with van der Waals surface area (Å²) < 4.78 is 6.56. The maximum absolute atomic E-state index is 13.6. The summed E-state index contributed by atoms with van der Waals surface area (Å²) in [4.78, 5) is 31.0. The molecular formula is C28H34N4O3. The Hall–Kier alpha value is -2.93. The lowest BCUT2D eigenvalue weighted by atomic mass is 9.68. The number of amides is 1. The number of hydrogen-bond acceptors (Lipinski definition) is 5. The Morgan fingerprint density at radius 3 is 2.77 bits per heavy atom. The first kappa shape index (κ1) is 22.5. The highest BCUT2D eigenvalue weighted by Gasteiger charge is 2.46. The van der Waals surface area contributed by atoms with Crippen molar-refractivity contribution in [3.8, 4) is 17.0 Å². The summed E-state index contributed by atoms with van der Waals surface area (Å²) in [6.07, 6.45) is 9.75.